The van der Waals surface area contributed by atoms with Crippen LogP contribution in [0.5, 0.6) is 0 Å². The van der Waals surface area contributed by atoms with Gasteiger partial charge in [0.25, 0.3) is 12.3 Å². The average molecular weight is 522 g/mol. The van der Waals surface area contributed by atoms with Crippen molar-refractivity contribution >= 4 is 17.8 Å². The number of hydrogen-bond donors (Lipinski definition) is 1. The van der Waals surface area contributed by atoms with Crippen molar-refractivity contribution in [3.63, 3.8) is 0 Å². The van der Waals surface area contributed by atoms with Crippen molar-refractivity contribution in [2.75, 3.05) is 18.8 Å². The van der Waals surface area contributed by atoms with E-state index < -0.39 is 65.7 Å². The summed E-state index contributed by atoms with van der Waals surface area (Å²) in [6.45, 7) is 2.33. The minimum atomic E-state index is -3.29. The first kappa shape index (κ1) is 25.5. The zero-order valence-corrected chi connectivity index (χ0v) is 19.4. The maximum atomic E-state index is 14.6. The van der Waals surface area contributed by atoms with E-state index in [1.807, 2.05) is 0 Å². The first-order valence-electron chi connectivity index (χ1n) is 10.6. The molecule has 3 heterocycles. The molecule has 35 heavy (non-hydrogen) atoms. The zero-order chi connectivity index (χ0) is 25.5. The van der Waals surface area contributed by atoms with Gasteiger partial charge in [0.1, 0.15) is 35.0 Å². The summed E-state index contributed by atoms with van der Waals surface area (Å²) in [7, 11) is 0. The number of aromatic nitrogens is 1. The smallest absolute Gasteiger partial charge is 0.286 e. The molecule has 1 fully saturated rings. The topological polar surface area (TPSA) is 49.8 Å². The maximum absolute atomic E-state index is 14.6. The molecule has 1 N–H and O–H groups in total. The van der Waals surface area contributed by atoms with Gasteiger partial charge in [0, 0.05) is 36.2 Å². The van der Waals surface area contributed by atoms with Crippen LogP contribution in [-0.2, 0) is 10.4 Å². The number of aryl methyl sites for hydroxylation is 1. The van der Waals surface area contributed by atoms with Gasteiger partial charge in [-0.3, -0.25) is 9.71 Å². The van der Waals surface area contributed by atoms with E-state index in [9.17, 15) is 30.7 Å². The van der Waals surface area contributed by atoms with Crippen LogP contribution in [0.4, 0.5) is 30.7 Å². The molecule has 13 heteroatoms. The number of benzene rings is 1. The summed E-state index contributed by atoms with van der Waals surface area (Å²) in [4.78, 5) is 10.3. The van der Waals surface area contributed by atoms with Crippen LogP contribution in [0.3, 0.4) is 0 Å². The van der Waals surface area contributed by atoms with Gasteiger partial charge in [-0.15, -0.1) is 0 Å². The van der Waals surface area contributed by atoms with Gasteiger partial charge >= 0.3 is 0 Å². The van der Waals surface area contributed by atoms with Crippen molar-refractivity contribution in [1.29, 1.82) is 0 Å². The first-order chi connectivity index (χ1) is 16.5. The third-order valence-electron chi connectivity index (χ3n) is 5.84. The van der Waals surface area contributed by atoms with Crippen molar-refractivity contribution in [1.82, 2.24) is 14.6 Å². The van der Waals surface area contributed by atoms with E-state index in [-0.39, 0.29) is 17.9 Å². The molecule has 5 nitrogen and oxygen atoms in total. The monoisotopic (exact) mass is 522 g/mol. The maximum Gasteiger partial charge on any atom is 0.286 e. The van der Waals surface area contributed by atoms with E-state index in [0.29, 0.717) is 23.4 Å². The number of nitrogens with one attached hydrogen (secondary N) is 1. The lowest BCUT2D eigenvalue weighted by atomic mass is 9.88. The second-order valence-corrected chi connectivity index (χ2v) is 9.47. The van der Waals surface area contributed by atoms with Crippen molar-refractivity contribution in [3.05, 3.63) is 53.1 Å². The molecule has 0 spiro atoms. The SMILES string of the molecule is CCSN[C@@H]1CN(C2=NOC(c3ncc(C)cc3-c3c(F)cc(F)cc3F)(C(F)F)C2)CC1(F)F. The molecule has 2 atom stereocenters. The van der Waals surface area contributed by atoms with Crippen LogP contribution < -0.4 is 4.72 Å². The Bertz CT molecular complexity index is 1130. The van der Waals surface area contributed by atoms with Gasteiger partial charge < -0.3 is 9.74 Å². The van der Waals surface area contributed by atoms with Gasteiger partial charge in [-0.2, -0.15) is 0 Å². The number of oxime groups is 1. The molecule has 0 amide bonds. The number of alkyl halides is 4. The fraction of sp³-hybridized carbons (Fsp3) is 0.455. The lowest BCUT2D eigenvalue weighted by Crippen LogP contribution is -2.40. The highest BCUT2D eigenvalue weighted by Gasteiger charge is 2.56. The summed E-state index contributed by atoms with van der Waals surface area (Å²) in [5.74, 6) is -6.60. The Morgan fingerprint density at radius 3 is 2.51 bits per heavy atom. The third-order valence-corrected chi connectivity index (χ3v) is 6.58. The molecule has 2 aromatic rings. The van der Waals surface area contributed by atoms with E-state index in [1.54, 1.807) is 6.92 Å². The summed E-state index contributed by atoms with van der Waals surface area (Å²) in [5, 5.41) is 3.67. The summed E-state index contributed by atoms with van der Waals surface area (Å²) in [6.07, 6.45) is -2.76. The summed E-state index contributed by atoms with van der Waals surface area (Å²) in [6, 6.07) is 0.821. The van der Waals surface area contributed by atoms with Crippen LogP contribution in [0.1, 0.15) is 24.6 Å². The lowest BCUT2D eigenvalue weighted by Gasteiger charge is -2.28. The molecule has 1 aromatic heterocycles. The molecular weight excluding hydrogens is 501 g/mol. The Labute approximate surface area is 200 Å². The van der Waals surface area contributed by atoms with E-state index >= 15 is 0 Å². The quantitative estimate of drug-likeness (QED) is 0.415. The molecule has 2 aliphatic heterocycles. The molecular formula is C22H21F7N4OS. The number of pyridine rings is 1. The largest absolute Gasteiger partial charge is 0.374 e. The Balaban J connectivity index is 1.72. The molecule has 1 aromatic carbocycles. The number of rotatable bonds is 6. The minimum absolute atomic E-state index is 0.163. The van der Waals surface area contributed by atoms with Crippen LogP contribution in [-0.4, -0.2) is 53.0 Å². The highest BCUT2D eigenvalue weighted by atomic mass is 32.2. The van der Waals surface area contributed by atoms with E-state index in [4.69, 9.17) is 4.84 Å². The molecule has 0 bridgehead atoms. The summed E-state index contributed by atoms with van der Waals surface area (Å²) < 4.78 is 103. The van der Waals surface area contributed by atoms with Crippen molar-refractivity contribution < 1.29 is 35.6 Å². The highest BCUT2D eigenvalue weighted by molar-refractivity contribution is 7.97. The second kappa shape index (κ2) is 9.49. The van der Waals surface area contributed by atoms with Crippen LogP contribution in [0.15, 0.2) is 29.6 Å². The van der Waals surface area contributed by atoms with Gasteiger partial charge in [-0.1, -0.05) is 24.0 Å². The average Bonchev–Trinajstić information content (AvgIpc) is 3.33. The molecule has 1 saturated heterocycles. The second-order valence-electron chi connectivity index (χ2n) is 8.36. The summed E-state index contributed by atoms with van der Waals surface area (Å²) in [5.41, 5.74) is -3.88. The highest BCUT2D eigenvalue weighted by Crippen LogP contribution is 2.46. The number of hydrogen-bond acceptors (Lipinski definition) is 6. The Hall–Kier alpha value is -2.54. The minimum Gasteiger partial charge on any atom is -0.374 e. The van der Waals surface area contributed by atoms with Gasteiger partial charge in [-0.05, 0) is 18.6 Å². The molecule has 2 aliphatic rings. The number of halogens is 7. The predicted molar refractivity (Wildman–Crippen MR) is 117 cm³/mol. The van der Waals surface area contributed by atoms with Crippen LogP contribution in [0.25, 0.3) is 11.1 Å². The van der Waals surface area contributed by atoms with Gasteiger partial charge in [0.05, 0.1) is 18.5 Å². The number of likely N-dealkylation sites (tertiary alicyclic amines) is 1. The predicted octanol–water partition coefficient (Wildman–Crippen LogP) is 5.25. The molecule has 0 aliphatic carbocycles. The van der Waals surface area contributed by atoms with Crippen molar-refractivity contribution in [3.8, 4) is 11.1 Å². The Kier molecular flexibility index (Phi) is 6.93. The zero-order valence-electron chi connectivity index (χ0n) is 18.6. The molecule has 4 rings (SSSR count). The van der Waals surface area contributed by atoms with E-state index in [0.717, 1.165) is 16.8 Å². The standard InChI is InChI=1S/C22H21F7N4OS/c1-3-35-32-16-9-33(10-22(16,28)29)17-7-21(20(26)27,34-31-17)19-13(4-11(2)8-30-19)18-14(24)5-12(23)6-15(18)25/h4-6,8,16,20,32H,3,7,9-10H2,1-2H3/t16-,21?/m1/s1. The fourth-order valence-corrected chi connectivity index (χ4v) is 4.75. The summed E-state index contributed by atoms with van der Waals surface area (Å²) >= 11 is 1.10. The van der Waals surface area contributed by atoms with Crippen LogP contribution in [0, 0.1) is 24.4 Å². The van der Waals surface area contributed by atoms with E-state index in [1.165, 1.54) is 19.2 Å². The fourth-order valence-electron chi connectivity index (χ4n) is 4.13. The molecule has 0 saturated carbocycles. The number of nitrogens with zero attached hydrogens (tertiary/aromatic N) is 3. The van der Waals surface area contributed by atoms with Crippen LogP contribution in [0.2, 0.25) is 0 Å². The van der Waals surface area contributed by atoms with Gasteiger partial charge in [-0.25, -0.2) is 30.7 Å². The molecule has 1 unspecified atom stereocenters. The van der Waals surface area contributed by atoms with Crippen molar-refractivity contribution in [2.45, 2.75) is 44.3 Å². The lowest BCUT2D eigenvalue weighted by molar-refractivity contribution is -0.131. The van der Waals surface area contributed by atoms with Gasteiger partial charge in [0.15, 0.2) is 0 Å². The first-order valence-corrected chi connectivity index (χ1v) is 11.6. The van der Waals surface area contributed by atoms with Gasteiger partial charge in [0.2, 0.25) is 5.60 Å². The van der Waals surface area contributed by atoms with Crippen molar-refractivity contribution in [2.24, 2.45) is 5.16 Å². The van der Waals surface area contributed by atoms with E-state index in [2.05, 4.69) is 14.9 Å². The third kappa shape index (κ3) is 4.67. The molecule has 0 radical (unpaired) electrons. The normalized spacial score (nSPS) is 23.7. The number of amidine groups is 1. The molecule has 190 valence electrons. The van der Waals surface area contributed by atoms with Crippen LogP contribution >= 0.6 is 11.9 Å². The Morgan fingerprint density at radius 1 is 1.20 bits per heavy atom. The Morgan fingerprint density at radius 2 is 1.89 bits per heavy atom.